The van der Waals surface area contributed by atoms with Gasteiger partial charge in [-0.25, -0.2) is 4.79 Å². The molecule has 2 N–H and O–H groups in total. The summed E-state index contributed by atoms with van der Waals surface area (Å²) in [5.74, 6) is 0.349. The number of amides is 1. The molecule has 0 aliphatic rings. The number of ether oxygens (including phenoxy) is 2. The Morgan fingerprint density at radius 3 is 2.43 bits per heavy atom. The predicted molar refractivity (Wildman–Crippen MR) is 81.1 cm³/mol. The van der Waals surface area contributed by atoms with Crippen molar-refractivity contribution in [1.82, 2.24) is 5.32 Å². The Bertz CT molecular complexity index is 521. The van der Waals surface area contributed by atoms with E-state index >= 15 is 0 Å². The first kappa shape index (κ1) is 17.0. The summed E-state index contributed by atoms with van der Waals surface area (Å²) >= 11 is 0. The Balaban J connectivity index is 2.89. The predicted octanol–water partition coefficient (Wildman–Crippen LogP) is 2.44. The number of likely N-dealkylation sites (N-methyl/N-ethyl adjacent to an activating group) is 1. The minimum Gasteiger partial charge on any atom is -0.495 e. The fourth-order valence-corrected chi connectivity index (χ4v) is 1.64. The topological polar surface area (TPSA) is 76.7 Å². The van der Waals surface area contributed by atoms with Crippen molar-refractivity contribution in [3.8, 4) is 5.75 Å². The minimum absolute atomic E-state index is 0.0559. The summed E-state index contributed by atoms with van der Waals surface area (Å²) in [5.41, 5.74) is 0.378. The van der Waals surface area contributed by atoms with Crippen LogP contribution in [-0.4, -0.2) is 38.2 Å². The number of benzene rings is 1. The zero-order chi connectivity index (χ0) is 16.0. The van der Waals surface area contributed by atoms with Crippen molar-refractivity contribution in [3.63, 3.8) is 0 Å². The number of carbonyl (C=O) groups excluding carboxylic acids is 2. The third kappa shape index (κ3) is 5.43. The van der Waals surface area contributed by atoms with Crippen LogP contribution in [0.5, 0.6) is 5.75 Å². The molecule has 0 aliphatic heterocycles. The molecular weight excluding hydrogens is 272 g/mol. The summed E-state index contributed by atoms with van der Waals surface area (Å²) in [6.07, 6.45) is -0.574. The van der Waals surface area contributed by atoms with Gasteiger partial charge in [-0.1, -0.05) is 0 Å². The van der Waals surface area contributed by atoms with Gasteiger partial charge in [0.25, 0.3) is 0 Å². The van der Waals surface area contributed by atoms with Crippen LogP contribution in [0.25, 0.3) is 0 Å². The Morgan fingerprint density at radius 2 is 1.90 bits per heavy atom. The molecule has 0 unspecified atom stereocenters. The van der Waals surface area contributed by atoms with Gasteiger partial charge in [-0.3, -0.25) is 10.1 Å². The summed E-state index contributed by atoms with van der Waals surface area (Å²) < 4.78 is 10.4. The minimum atomic E-state index is -0.583. The molecule has 6 heteroatoms. The standard InChI is InChI=1S/C15H22N2O4/c1-15(2,3)21-14(19)17-11-7-6-10(8-13(11)20-5)12(18)9-16-4/h6-8,16H,9H2,1-5H3,(H,17,19). The van der Waals surface area contributed by atoms with Crippen LogP contribution in [0.3, 0.4) is 0 Å². The molecule has 0 spiro atoms. The first-order valence-electron chi connectivity index (χ1n) is 6.62. The summed E-state index contributed by atoms with van der Waals surface area (Å²) in [6, 6.07) is 4.84. The largest absolute Gasteiger partial charge is 0.495 e. The number of ketones is 1. The van der Waals surface area contributed by atoms with E-state index in [0.717, 1.165) is 0 Å². The highest BCUT2D eigenvalue weighted by Crippen LogP contribution is 2.26. The van der Waals surface area contributed by atoms with Crippen LogP contribution in [0.2, 0.25) is 0 Å². The molecule has 0 bridgehead atoms. The van der Waals surface area contributed by atoms with Gasteiger partial charge in [-0.2, -0.15) is 0 Å². The summed E-state index contributed by atoms with van der Waals surface area (Å²) in [4.78, 5) is 23.6. The number of carbonyl (C=O) groups is 2. The molecule has 1 amide bonds. The van der Waals surface area contributed by atoms with E-state index in [2.05, 4.69) is 10.6 Å². The van der Waals surface area contributed by atoms with Gasteiger partial charge in [0.2, 0.25) is 0 Å². The number of hydrogen-bond donors (Lipinski definition) is 2. The Labute approximate surface area is 124 Å². The van der Waals surface area contributed by atoms with Gasteiger partial charge in [0.1, 0.15) is 11.4 Å². The quantitative estimate of drug-likeness (QED) is 0.816. The van der Waals surface area contributed by atoms with E-state index in [-0.39, 0.29) is 12.3 Å². The van der Waals surface area contributed by atoms with Gasteiger partial charge >= 0.3 is 6.09 Å². The van der Waals surface area contributed by atoms with Crippen molar-refractivity contribution in [3.05, 3.63) is 23.8 Å². The van der Waals surface area contributed by atoms with Crippen molar-refractivity contribution in [2.24, 2.45) is 0 Å². The highest BCUT2D eigenvalue weighted by molar-refractivity contribution is 5.99. The van der Waals surface area contributed by atoms with E-state index < -0.39 is 11.7 Å². The Kier molecular flexibility index (Phi) is 5.72. The van der Waals surface area contributed by atoms with Crippen LogP contribution in [0, 0.1) is 0 Å². The maximum absolute atomic E-state index is 11.8. The zero-order valence-electron chi connectivity index (χ0n) is 13.1. The van der Waals surface area contributed by atoms with Crippen LogP contribution in [0.4, 0.5) is 10.5 Å². The smallest absolute Gasteiger partial charge is 0.412 e. The van der Waals surface area contributed by atoms with Gasteiger partial charge in [0.05, 0.1) is 19.3 Å². The number of rotatable bonds is 5. The second kappa shape index (κ2) is 7.08. The third-order valence-corrected chi connectivity index (χ3v) is 2.50. The SMILES string of the molecule is CNCC(=O)c1ccc(NC(=O)OC(C)(C)C)c(OC)c1. The number of methoxy groups -OCH3 is 1. The fraction of sp³-hybridized carbons (Fsp3) is 0.467. The van der Waals surface area contributed by atoms with E-state index in [1.54, 1.807) is 46.0 Å². The summed E-state index contributed by atoms with van der Waals surface area (Å²) in [5, 5.41) is 5.40. The molecule has 21 heavy (non-hydrogen) atoms. The van der Waals surface area contributed by atoms with Crippen LogP contribution < -0.4 is 15.4 Å². The molecule has 0 radical (unpaired) electrons. The van der Waals surface area contributed by atoms with Crippen LogP contribution in [0.15, 0.2) is 18.2 Å². The molecule has 0 aromatic heterocycles. The first-order chi connectivity index (χ1) is 9.76. The molecule has 1 aromatic rings. The third-order valence-electron chi connectivity index (χ3n) is 2.50. The Hall–Kier alpha value is -2.08. The van der Waals surface area contributed by atoms with Crippen molar-refractivity contribution >= 4 is 17.6 Å². The highest BCUT2D eigenvalue weighted by atomic mass is 16.6. The van der Waals surface area contributed by atoms with Crippen molar-refractivity contribution < 1.29 is 19.1 Å². The lowest BCUT2D eigenvalue weighted by atomic mass is 10.1. The van der Waals surface area contributed by atoms with Gasteiger partial charge in [-0.05, 0) is 46.0 Å². The number of hydrogen-bond acceptors (Lipinski definition) is 5. The lowest BCUT2D eigenvalue weighted by molar-refractivity contribution is 0.0635. The van der Waals surface area contributed by atoms with E-state index in [4.69, 9.17) is 9.47 Å². The lowest BCUT2D eigenvalue weighted by Gasteiger charge is -2.20. The molecule has 0 fully saturated rings. The zero-order valence-corrected chi connectivity index (χ0v) is 13.1. The first-order valence-corrected chi connectivity index (χ1v) is 6.62. The van der Waals surface area contributed by atoms with Gasteiger partial charge in [-0.15, -0.1) is 0 Å². The van der Waals surface area contributed by atoms with Gasteiger partial charge in [0, 0.05) is 5.56 Å². The molecule has 1 aromatic carbocycles. The average molecular weight is 294 g/mol. The molecule has 0 saturated carbocycles. The number of anilines is 1. The second-order valence-electron chi connectivity index (χ2n) is 5.50. The molecule has 0 atom stereocenters. The van der Waals surface area contributed by atoms with Crippen LogP contribution in [-0.2, 0) is 4.74 Å². The lowest BCUT2D eigenvalue weighted by Crippen LogP contribution is -2.27. The molecule has 116 valence electrons. The maximum atomic E-state index is 11.8. The van der Waals surface area contributed by atoms with Crippen LogP contribution in [0.1, 0.15) is 31.1 Å². The van der Waals surface area contributed by atoms with Gasteiger partial charge < -0.3 is 14.8 Å². The highest BCUT2D eigenvalue weighted by Gasteiger charge is 2.18. The van der Waals surface area contributed by atoms with E-state index in [1.165, 1.54) is 7.11 Å². The molecule has 0 saturated heterocycles. The monoisotopic (exact) mass is 294 g/mol. The second-order valence-corrected chi connectivity index (χ2v) is 5.50. The van der Waals surface area contributed by atoms with E-state index in [0.29, 0.717) is 17.0 Å². The number of Topliss-reactive ketones (excluding diaryl/α,β-unsaturated/α-hetero) is 1. The molecule has 6 nitrogen and oxygen atoms in total. The van der Waals surface area contributed by atoms with Gasteiger partial charge in [0.15, 0.2) is 5.78 Å². The fourth-order valence-electron chi connectivity index (χ4n) is 1.64. The maximum Gasteiger partial charge on any atom is 0.412 e. The normalized spacial score (nSPS) is 10.9. The van der Waals surface area contributed by atoms with Crippen molar-refractivity contribution in [2.45, 2.75) is 26.4 Å². The van der Waals surface area contributed by atoms with E-state index in [1.807, 2.05) is 0 Å². The number of nitrogens with one attached hydrogen (secondary N) is 2. The molecule has 0 aliphatic carbocycles. The van der Waals surface area contributed by atoms with Crippen LogP contribution >= 0.6 is 0 Å². The average Bonchev–Trinajstić information content (AvgIpc) is 2.37. The van der Waals surface area contributed by atoms with Crippen molar-refractivity contribution in [1.29, 1.82) is 0 Å². The summed E-state index contributed by atoms with van der Waals surface area (Å²) in [7, 11) is 3.18. The molecule has 1 rings (SSSR count). The van der Waals surface area contributed by atoms with E-state index in [9.17, 15) is 9.59 Å². The molecular formula is C15H22N2O4. The summed E-state index contributed by atoms with van der Waals surface area (Å²) in [6.45, 7) is 5.58. The van der Waals surface area contributed by atoms with Crippen molar-refractivity contribution in [2.75, 3.05) is 26.0 Å². The molecule has 0 heterocycles. The Morgan fingerprint density at radius 1 is 1.24 bits per heavy atom.